The minimum Gasteiger partial charge on any atom is -0.396 e. The molecule has 3 rings (SSSR count). The lowest BCUT2D eigenvalue weighted by Crippen LogP contribution is -2.44. The number of halogens is 1. The average Bonchev–Trinajstić information content (AvgIpc) is 3.05. The first-order valence-corrected chi connectivity index (χ1v) is 10.1. The summed E-state index contributed by atoms with van der Waals surface area (Å²) in [6, 6.07) is 8.69. The largest absolute Gasteiger partial charge is 0.396 e. The monoisotopic (exact) mass is 381 g/mol. The van der Waals surface area contributed by atoms with Gasteiger partial charge < -0.3 is 20.0 Å². The van der Waals surface area contributed by atoms with Crippen molar-refractivity contribution in [2.24, 2.45) is 11.8 Å². The fourth-order valence-electron chi connectivity index (χ4n) is 4.53. The van der Waals surface area contributed by atoms with Crippen LogP contribution in [0.15, 0.2) is 24.3 Å². The van der Waals surface area contributed by atoms with Gasteiger partial charge in [-0.3, -0.25) is 4.90 Å². The molecule has 0 radical (unpaired) electrons. The Morgan fingerprint density at radius 3 is 2.46 bits per heavy atom. The number of anilines is 1. The number of rotatable bonds is 7. The van der Waals surface area contributed by atoms with Gasteiger partial charge in [0.1, 0.15) is 0 Å². The Morgan fingerprint density at radius 1 is 1.12 bits per heavy atom. The van der Waals surface area contributed by atoms with Crippen LogP contribution in [-0.2, 0) is 0 Å². The van der Waals surface area contributed by atoms with Crippen LogP contribution in [0.2, 0.25) is 5.02 Å². The van der Waals surface area contributed by atoms with Gasteiger partial charge in [0.05, 0.1) is 17.3 Å². The molecule has 2 fully saturated rings. The summed E-state index contributed by atoms with van der Waals surface area (Å²) in [5.74, 6) is 0.830. The van der Waals surface area contributed by atoms with E-state index in [1.165, 1.54) is 0 Å². The molecular weight excluding hydrogens is 350 g/mol. The molecule has 2 heterocycles. The number of aliphatic hydroxyl groups is 2. The van der Waals surface area contributed by atoms with Gasteiger partial charge in [-0.1, -0.05) is 23.7 Å². The van der Waals surface area contributed by atoms with Crippen LogP contribution in [0.4, 0.5) is 5.69 Å². The summed E-state index contributed by atoms with van der Waals surface area (Å²) >= 11 is 6.35. The Bertz CT molecular complexity index is 566. The number of likely N-dealkylation sites (tertiary alicyclic amines) is 1. The zero-order valence-corrected chi connectivity index (χ0v) is 16.5. The number of piperidine rings is 1. The highest BCUT2D eigenvalue weighted by Gasteiger charge is 2.37. The fraction of sp³-hybridized carbons (Fsp3) is 0.700. The Labute approximate surface area is 162 Å². The van der Waals surface area contributed by atoms with Crippen molar-refractivity contribution in [1.82, 2.24) is 9.80 Å². The van der Waals surface area contributed by atoms with E-state index in [4.69, 9.17) is 16.7 Å². The molecule has 2 aliphatic heterocycles. The van der Waals surface area contributed by atoms with Gasteiger partial charge in [-0.2, -0.15) is 0 Å². The number of para-hydroxylation sites is 1. The molecule has 5 nitrogen and oxygen atoms in total. The molecule has 0 amide bonds. The Morgan fingerprint density at radius 2 is 1.81 bits per heavy atom. The summed E-state index contributed by atoms with van der Waals surface area (Å²) in [5, 5.41) is 19.7. The molecular formula is C20H32ClN3O2. The zero-order chi connectivity index (χ0) is 18.5. The molecule has 2 aliphatic rings. The molecule has 2 unspecified atom stereocenters. The third kappa shape index (κ3) is 4.70. The molecule has 1 aromatic rings. The van der Waals surface area contributed by atoms with Crippen LogP contribution in [0.1, 0.15) is 12.8 Å². The smallest absolute Gasteiger partial charge is 0.0639 e. The first kappa shape index (κ1) is 19.9. The van der Waals surface area contributed by atoms with Crippen molar-refractivity contribution >= 4 is 17.3 Å². The molecule has 1 aromatic carbocycles. The van der Waals surface area contributed by atoms with Crippen LogP contribution < -0.4 is 4.90 Å². The van der Waals surface area contributed by atoms with Crippen molar-refractivity contribution in [1.29, 1.82) is 0 Å². The summed E-state index contributed by atoms with van der Waals surface area (Å²) in [6.45, 7) is 6.20. The van der Waals surface area contributed by atoms with Gasteiger partial charge in [0.25, 0.3) is 0 Å². The van der Waals surface area contributed by atoms with Crippen molar-refractivity contribution in [3.8, 4) is 0 Å². The van der Waals surface area contributed by atoms with Gasteiger partial charge in [0.15, 0.2) is 0 Å². The average molecular weight is 382 g/mol. The molecule has 0 aliphatic carbocycles. The highest BCUT2D eigenvalue weighted by atomic mass is 35.5. The number of benzene rings is 1. The molecule has 6 heteroatoms. The van der Waals surface area contributed by atoms with Crippen LogP contribution in [0.25, 0.3) is 0 Å². The van der Waals surface area contributed by atoms with Gasteiger partial charge in [0, 0.05) is 51.9 Å². The molecule has 0 bridgehead atoms. The fourth-order valence-corrected chi connectivity index (χ4v) is 4.78. The molecule has 2 saturated heterocycles. The van der Waals surface area contributed by atoms with E-state index in [9.17, 15) is 5.11 Å². The minimum atomic E-state index is 0.192. The van der Waals surface area contributed by atoms with E-state index in [0.717, 1.165) is 56.3 Å². The molecule has 26 heavy (non-hydrogen) atoms. The lowest BCUT2D eigenvalue weighted by Gasteiger charge is -2.38. The molecule has 2 atom stereocenters. The Balaban J connectivity index is 1.54. The maximum atomic E-state index is 9.80. The van der Waals surface area contributed by atoms with E-state index in [-0.39, 0.29) is 13.2 Å². The second kappa shape index (κ2) is 9.38. The Hall–Kier alpha value is -0.850. The SMILES string of the molecule is CN(CCO)CC1CN(C2CCN(c3ccccc3Cl)CC2)CC1CO. The summed E-state index contributed by atoms with van der Waals surface area (Å²) in [5.41, 5.74) is 1.14. The van der Waals surface area contributed by atoms with E-state index < -0.39 is 0 Å². The van der Waals surface area contributed by atoms with Gasteiger partial charge in [0.2, 0.25) is 0 Å². The van der Waals surface area contributed by atoms with Crippen molar-refractivity contribution in [2.75, 3.05) is 64.4 Å². The number of hydrogen-bond donors (Lipinski definition) is 2. The summed E-state index contributed by atoms with van der Waals surface area (Å²) in [6.07, 6.45) is 2.28. The van der Waals surface area contributed by atoms with Crippen LogP contribution in [0.5, 0.6) is 0 Å². The van der Waals surface area contributed by atoms with Crippen molar-refractivity contribution in [3.05, 3.63) is 29.3 Å². The number of aliphatic hydroxyl groups excluding tert-OH is 2. The molecule has 0 saturated carbocycles. The van der Waals surface area contributed by atoms with Crippen LogP contribution in [0.3, 0.4) is 0 Å². The summed E-state index contributed by atoms with van der Waals surface area (Å²) in [4.78, 5) is 7.16. The van der Waals surface area contributed by atoms with E-state index >= 15 is 0 Å². The highest BCUT2D eigenvalue weighted by molar-refractivity contribution is 6.33. The third-order valence-corrected chi connectivity index (χ3v) is 6.36. The highest BCUT2D eigenvalue weighted by Crippen LogP contribution is 2.32. The van der Waals surface area contributed by atoms with Gasteiger partial charge in [-0.15, -0.1) is 0 Å². The van der Waals surface area contributed by atoms with Crippen LogP contribution >= 0.6 is 11.6 Å². The van der Waals surface area contributed by atoms with E-state index in [1.54, 1.807) is 0 Å². The van der Waals surface area contributed by atoms with Gasteiger partial charge in [-0.25, -0.2) is 0 Å². The maximum absolute atomic E-state index is 9.80. The second-order valence-corrected chi connectivity index (χ2v) is 8.22. The quantitative estimate of drug-likeness (QED) is 0.754. The van der Waals surface area contributed by atoms with E-state index in [0.29, 0.717) is 24.4 Å². The second-order valence-electron chi connectivity index (χ2n) is 7.81. The first-order valence-electron chi connectivity index (χ1n) is 9.76. The molecule has 0 spiro atoms. The van der Waals surface area contributed by atoms with Crippen LogP contribution in [0, 0.1) is 11.8 Å². The minimum absolute atomic E-state index is 0.192. The van der Waals surface area contributed by atoms with E-state index in [2.05, 4.69) is 27.8 Å². The predicted molar refractivity (Wildman–Crippen MR) is 107 cm³/mol. The third-order valence-electron chi connectivity index (χ3n) is 6.04. The zero-order valence-electron chi connectivity index (χ0n) is 15.7. The van der Waals surface area contributed by atoms with Crippen molar-refractivity contribution < 1.29 is 10.2 Å². The number of nitrogens with zero attached hydrogens (tertiary/aromatic N) is 3. The molecule has 2 N–H and O–H groups in total. The number of likely N-dealkylation sites (N-methyl/N-ethyl adjacent to an activating group) is 1. The lowest BCUT2D eigenvalue weighted by atomic mass is 9.96. The van der Waals surface area contributed by atoms with E-state index in [1.807, 2.05) is 18.2 Å². The Kier molecular flexibility index (Phi) is 7.18. The summed E-state index contributed by atoms with van der Waals surface area (Å²) in [7, 11) is 2.05. The lowest BCUT2D eigenvalue weighted by molar-refractivity contribution is 0.160. The molecule has 0 aromatic heterocycles. The number of hydrogen-bond acceptors (Lipinski definition) is 5. The maximum Gasteiger partial charge on any atom is 0.0639 e. The van der Waals surface area contributed by atoms with Crippen molar-refractivity contribution in [3.63, 3.8) is 0 Å². The van der Waals surface area contributed by atoms with Crippen LogP contribution in [-0.4, -0.2) is 85.6 Å². The topological polar surface area (TPSA) is 50.2 Å². The summed E-state index contributed by atoms with van der Waals surface area (Å²) < 4.78 is 0. The van der Waals surface area contributed by atoms with Gasteiger partial charge in [-0.05, 0) is 43.9 Å². The normalized spacial score (nSPS) is 25.3. The molecule has 146 valence electrons. The first-order chi connectivity index (χ1) is 12.6. The standard InChI is InChI=1S/C20H32ClN3O2/c1-22(10-11-25)12-16-13-24(14-17(16)15-26)18-6-8-23(9-7-18)20-5-3-2-4-19(20)21/h2-5,16-18,25-26H,6-15H2,1H3. The predicted octanol–water partition coefficient (Wildman–Crippen LogP) is 1.77. The van der Waals surface area contributed by atoms with Crippen molar-refractivity contribution in [2.45, 2.75) is 18.9 Å². The van der Waals surface area contributed by atoms with Gasteiger partial charge >= 0.3 is 0 Å².